The summed E-state index contributed by atoms with van der Waals surface area (Å²) in [6.07, 6.45) is 5.87. The van der Waals surface area contributed by atoms with Gasteiger partial charge in [-0.25, -0.2) is 14.8 Å². The van der Waals surface area contributed by atoms with Crippen LogP contribution >= 0.6 is 46.2 Å². The van der Waals surface area contributed by atoms with Crippen LogP contribution in [0.4, 0.5) is 0 Å². The highest BCUT2D eigenvalue weighted by Gasteiger charge is 2.23. The fourth-order valence-electron chi connectivity index (χ4n) is 5.49. The van der Waals surface area contributed by atoms with Crippen molar-refractivity contribution in [1.29, 1.82) is 0 Å². The summed E-state index contributed by atoms with van der Waals surface area (Å²) in [7, 11) is 3.11. The van der Waals surface area contributed by atoms with Crippen molar-refractivity contribution >= 4 is 69.6 Å². The molecule has 0 aliphatic rings. The standard InChI is InChI=1S/C23H24N2O3S2.C15H18N2OS2.C8H8O3/c1-28-18-10-8-17(9-11-18)23(27)25-19(12-13-29-2)21(26)14-22-24-20(15-30-22)16-6-4-3-5-7-16;1-19-8-7-12(16)14(18)9-15-17-13(10-20-15)11-5-3-2-4-6-11;1-11-7-4-2-6(3-5-7)8(9)10/h3-11,15,19H,12-14H2,1-2H3,(H,25,27);2-6,10,12H,7-9,16H2,1H3;2-5H,1H3,(H,9,10)/t19-;12-;/m00./s1. The molecule has 2 heterocycles. The van der Waals surface area contributed by atoms with Crippen LogP contribution in [0, 0.1) is 0 Å². The molecule has 0 saturated carbocycles. The topological polar surface area (TPSA) is 171 Å². The lowest BCUT2D eigenvalue weighted by Gasteiger charge is -2.17. The predicted octanol–water partition coefficient (Wildman–Crippen LogP) is 8.88. The first-order valence-corrected chi connectivity index (χ1v) is 23.7. The monoisotopic (exact) mass is 898 g/mol. The molecule has 6 rings (SSSR count). The number of nitrogens with zero attached hydrogens (tertiary/aromatic N) is 2. The van der Waals surface area contributed by atoms with Gasteiger partial charge in [-0.15, -0.1) is 22.7 Å². The van der Waals surface area contributed by atoms with Crippen molar-refractivity contribution < 1.29 is 33.8 Å². The lowest BCUT2D eigenvalue weighted by molar-refractivity contribution is -0.120. The Morgan fingerprint density at radius 3 is 1.54 bits per heavy atom. The summed E-state index contributed by atoms with van der Waals surface area (Å²) in [6, 6.07) is 32.0. The normalized spacial score (nSPS) is 11.4. The Balaban J connectivity index is 0.000000226. The summed E-state index contributed by atoms with van der Waals surface area (Å²) in [5.41, 5.74) is 10.5. The minimum absolute atomic E-state index is 0.0279. The number of rotatable bonds is 19. The van der Waals surface area contributed by atoms with Gasteiger partial charge in [0.2, 0.25) is 0 Å². The fourth-order valence-corrected chi connectivity index (χ4v) is 8.08. The van der Waals surface area contributed by atoms with Gasteiger partial charge in [-0.05, 0) is 85.4 Å². The minimum Gasteiger partial charge on any atom is -0.497 e. The molecule has 0 unspecified atom stereocenters. The number of thioether (sulfide) groups is 2. The Labute approximate surface area is 373 Å². The van der Waals surface area contributed by atoms with Crippen molar-refractivity contribution in [2.45, 2.75) is 37.8 Å². The van der Waals surface area contributed by atoms with E-state index >= 15 is 0 Å². The summed E-state index contributed by atoms with van der Waals surface area (Å²) in [5.74, 6) is 1.91. The van der Waals surface area contributed by atoms with Gasteiger partial charge in [0.1, 0.15) is 21.5 Å². The summed E-state index contributed by atoms with van der Waals surface area (Å²) in [6.45, 7) is 0. The van der Waals surface area contributed by atoms with Gasteiger partial charge in [0.05, 0.1) is 56.1 Å². The molecule has 320 valence electrons. The molecule has 61 heavy (non-hydrogen) atoms. The first-order chi connectivity index (χ1) is 29.5. The van der Waals surface area contributed by atoms with E-state index in [1.165, 1.54) is 41.9 Å². The van der Waals surface area contributed by atoms with Crippen LogP contribution < -0.4 is 20.5 Å². The molecule has 0 saturated heterocycles. The average Bonchev–Trinajstić information content (AvgIpc) is 3.98. The lowest BCUT2D eigenvalue weighted by Crippen LogP contribution is -2.42. The molecule has 4 aromatic carbocycles. The number of benzene rings is 4. The molecule has 11 nitrogen and oxygen atoms in total. The van der Waals surface area contributed by atoms with Crippen LogP contribution in [0.5, 0.6) is 11.5 Å². The maximum absolute atomic E-state index is 13.0. The maximum Gasteiger partial charge on any atom is 0.335 e. The number of nitrogens with one attached hydrogen (secondary N) is 1. The fraction of sp³-hybridized carbons (Fsp3) is 0.261. The number of aromatic carboxylic acids is 1. The van der Waals surface area contributed by atoms with Crippen molar-refractivity contribution in [3.63, 3.8) is 0 Å². The zero-order chi connectivity index (χ0) is 44.0. The van der Waals surface area contributed by atoms with E-state index < -0.39 is 12.0 Å². The van der Waals surface area contributed by atoms with Crippen LogP contribution in [0.1, 0.15) is 43.6 Å². The van der Waals surface area contributed by atoms with Gasteiger partial charge in [-0.1, -0.05) is 60.7 Å². The van der Waals surface area contributed by atoms with Crippen LogP contribution in [0.3, 0.4) is 0 Å². The number of amides is 1. The number of hydrogen-bond donors (Lipinski definition) is 3. The lowest BCUT2D eigenvalue weighted by atomic mass is 10.1. The number of Topliss-reactive ketones (excluding diaryl/α,β-unsaturated/α-hetero) is 2. The Hall–Kier alpha value is -5.32. The number of aromatic nitrogens is 2. The summed E-state index contributed by atoms with van der Waals surface area (Å²) in [5, 5.41) is 17.0. The molecular formula is C46H50N4O7S4. The number of methoxy groups -OCH3 is 2. The van der Waals surface area contributed by atoms with Crippen LogP contribution in [0.15, 0.2) is 120 Å². The van der Waals surface area contributed by atoms with Gasteiger partial charge in [0.25, 0.3) is 5.91 Å². The third-order valence-electron chi connectivity index (χ3n) is 8.93. The molecule has 0 spiro atoms. The second kappa shape index (κ2) is 26.1. The molecule has 2 aromatic heterocycles. The van der Waals surface area contributed by atoms with Crippen molar-refractivity contribution in [2.75, 3.05) is 38.2 Å². The third-order valence-corrected chi connectivity index (χ3v) is 11.9. The molecule has 0 aliphatic heterocycles. The zero-order valence-electron chi connectivity index (χ0n) is 34.4. The number of carbonyl (C=O) groups excluding carboxylic acids is 3. The highest BCUT2D eigenvalue weighted by molar-refractivity contribution is 7.98. The van der Waals surface area contributed by atoms with Gasteiger partial charge in [-0.3, -0.25) is 14.4 Å². The maximum atomic E-state index is 13.0. The second-order valence-electron chi connectivity index (χ2n) is 13.2. The van der Waals surface area contributed by atoms with E-state index in [1.807, 2.05) is 83.9 Å². The number of ketones is 2. The smallest absolute Gasteiger partial charge is 0.335 e. The van der Waals surface area contributed by atoms with Crippen molar-refractivity contribution in [3.05, 3.63) is 141 Å². The quantitative estimate of drug-likeness (QED) is 0.0707. The van der Waals surface area contributed by atoms with E-state index in [4.69, 9.17) is 20.3 Å². The predicted molar refractivity (Wildman–Crippen MR) is 251 cm³/mol. The Morgan fingerprint density at radius 1 is 0.656 bits per heavy atom. The molecular weight excluding hydrogens is 849 g/mol. The van der Waals surface area contributed by atoms with Gasteiger partial charge >= 0.3 is 5.97 Å². The van der Waals surface area contributed by atoms with Gasteiger partial charge in [0, 0.05) is 27.5 Å². The van der Waals surface area contributed by atoms with E-state index in [1.54, 1.807) is 67.0 Å². The van der Waals surface area contributed by atoms with Crippen molar-refractivity contribution in [3.8, 4) is 34.0 Å². The minimum atomic E-state index is -0.923. The van der Waals surface area contributed by atoms with E-state index in [2.05, 4.69) is 15.3 Å². The Bertz CT molecular complexity index is 2250. The molecule has 0 fully saturated rings. The molecule has 2 atom stereocenters. The Morgan fingerprint density at radius 2 is 1.10 bits per heavy atom. The summed E-state index contributed by atoms with van der Waals surface area (Å²) < 4.78 is 9.98. The molecule has 6 aromatic rings. The molecule has 0 aliphatic carbocycles. The largest absolute Gasteiger partial charge is 0.497 e. The highest BCUT2D eigenvalue weighted by Crippen LogP contribution is 2.24. The van der Waals surface area contributed by atoms with Crippen molar-refractivity contribution in [2.24, 2.45) is 5.73 Å². The van der Waals surface area contributed by atoms with Gasteiger partial charge in [-0.2, -0.15) is 23.5 Å². The summed E-state index contributed by atoms with van der Waals surface area (Å²) >= 11 is 6.35. The molecule has 0 radical (unpaired) electrons. The first kappa shape index (κ1) is 48.3. The number of carbonyl (C=O) groups is 4. The molecule has 4 N–H and O–H groups in total. The zero-order valence-corrected chi connectivity index (χ0v) is 37.7. The number of nitrogens with two attached hydrogens (primary N) is 1. The van der Waals surface area contributed by atoms with Crippen LogP contribution in [-0.4, -0.2) is 88.8 Å². The van der Waals surface area contributed by atoms with E-state index in [9.17, 15) is 19.2 Å². The average molecular weight is 899 g/mol. The molecule has 0 bridgehead atoms. The Kier molecular flexibility index (Phi) is 20.7. The van der Waals surface area contributed by atoms with Crippen LogP contribution in [-0.2, 0) is 22.4 Å². The van der Waals surface area contributed by atoms with E-state index in [0.29, 0.717) is 29.9 Å². The van der Waals surface area contributed by atoms with E-state index in [0.717, 1.165) is 50.5 Å². The van der Waals surface area contributed by atoms with Gasteiger partial charge < -0.3 is 25.6 Å². The van der Waals surface area contributed by atoms with Gasteiger partial charge in [0.15, 0.2) is 11.6 Å². The molecule has 15 heteroatoms. The van der Waals surface area contributed by atoms with Crippen LogP contribution in [0.25, 0.3) is 22.5 Å². The van der Waals surface area contributed by atoms with Crippen molar-refractivity contribution in [1.82, 2.24) is 15.3 Å². The van der Waals surface area contributed by atoms with Crippen LogP contribution in [0.2, 0.25) is 0 Å². The summed E-state index contributed by atoms with van der Waals surface area (Å²) in [4.78, 5) is 57.1. The number of hydrogen-bond acceptors (Lipinski definition) is 13. The number of carboxylic acid groups (broad SMARTS) is 1. The van der Waals surface area contributed by atoms with E-state index in [-0.39, 0.29) is 35.5 Å². The first-order valence-electron chi connectivity index (χ1n) is 19.2. The molecule has 1 amide bonds. The number of ether oxygens (including phenoxy) is 2. The number of thiazole rings is 2. The second-order valence-corrected chi connectivity index (χ2v) is 17.1. The highest BCUT2D eigenvalue weighted by atomic mass is 32.2. The number of carboxylic acids is 1. The SMILES string of the molecule is COc1ccc(C(=O)N[C@@H](CCSC)C(=O)Cc2nc(-c3ccccc3)cs2)cc1.COc1ccc(C(=O)O)cc1.CSCC[C@H](N)C(=O)Cc1nc(-c2ccccc2)cs1. The third kappa shape index (κ3) is 16.2.